The average molecular weight is 252 g/mol. The summed E-state index contributed by atoms with van der Waals surface area (Å²) in [5.74, 6) is -2.66. The van der Waals surface area contributed by atoms with Crippen LogP contribution in [-0.4, -0.2) is 32.8 Å². The van der Waals surface area contributed by atoms with E-state index in [9.17, 15) is 14.5 Å². The number of aliphatic hydroxyl groups is 1. The van der Waals surface area contributed by atoms with Gasteiger partial charge >= 0.3 is 13.6 Å². The molecule has 0 aromatic heterocycles. The molecule has 0 fully saturated rings. The van der Waals surface area contributed by atoms with Crippen LogP contribution in [0.1, 0.15) is 26.7 Å². The van der Waals surface area contributed by atoms with E-state index in [1.165, 1.54) is 6.92 Å². The molecule has 0 aliphatic carbocycles. The Morgan fingerprint density at radius 2 is 2.00 bits per heavy atom. The number of esters is 1. The highest BCUT2D eigenvalue weighted by Crippen LogP contribution is 2.37. The quantitative estimate of drug-likeness (QED) is 0.279. The van der Waals surface area contributed by atoms with Gasteiger partial charge < -0.3 is 19.6 Å². The Morgan fingerprint density at radius 3 is 2.38 bits per heavy atom. The van der Waals surface area contributed by atoms with Gasteiger partial charge in [0.15, 0.2) is 0 Å². The molecule has 0 aromatic carbocycles. The van der Waals surface area contributed by atoms with Crippen LogP contribution in [-0.2, 0) is 14.1 Å². The Hall–Kier alpha value is -0.680. The van der Waals surface area contributed by atoms with Gasteiger partial charge in [0.05, 0.1) is 6.16 Å². The summed E-state index contributed by atoms with van der Waals surface area (Å²) in [7, 11) is -4.21. The molecule has 0 aromatic rings. The Bertz CT molecular complexity index is 316. The second-order valence-corrected chi connectivity index (χ2v) is 5.44. The predicted molar refractivity (Wildman–Crippen MR) is 57.7 cm³/mol. The summed E-state index contributed by atoms with van der Waals surface area (Å²) in [6, 6.07) is 0. The van der Waals surface area contributed by atoms with Crippen LogP contribution in [0, 0.1) is 0 Å². The van der Waals surface area contributed by atoms with Crippen LogP contribution in [0.3, 0.4) is 0 Å². The van der Waals surface area contributed by atoms with Gasteiger partial charge in [0.25, 0.3) is 0 Å². The Balaban J connectivity index is 4.30. The Labute approximate surface area is 94.1 Å². The van der Waals surface area contributed by atoms with Crippen LogP contribution >= 0.6 is 7.60 Å². The molecule has 0 spiro atoms. The van der Waals surface area contributed by atoms with Crippen molar-refractivity contribution in [1.82, 2.24) is 0 Å². The second-order valence-electron chi connectivity index (χ2n) is 3.66. The normalized spacial score (nSPS) is 15.3. The first-order valence-electron chi connectivity index (χ1n) is 4.75. The fraction of sp³-hybridized carbons (Fsp3) is 0.667. The number of carbonyl (C=O) groups excluding carboxylic acids is 1. The van der Waals surface area contributed by atoms with Gasteiger partial charge in [-0.3, -0.25) is 4.57 Å². The van der Waals surface area contributed by atoms with Crippen molar-refractivity contribution in [3.63, 3.8) is 0 Å². The van der Waals surface area contributed by atoms with E-state index in [4.69, 9.17) is 9.79 Å². The zero-order valence-corrected chi connectivity index (χ0v) is 10.2. The molecule has 0 rings (SSSR count). The standard InChI is InChI=1S/C9H17O6P/c1-4-7(2)8(10)15-9(3,11)5-6-16(12,13)14/h11H,2,4-6H2,1,3H3,(H2,12,13,14). The summed E-state index contributed by atoms with van der Waals surface area (Å²) in [5.41, 5.74) is 0.191. The van der Waals surface area contributed by atoms with Crippen LogP contribution in [0.4, 0.5) is 0 Å². The minimum atomic E-state index is -4.21. The van der Waals surface area contributed by atoms with Gasteiger partial charge in [-0.05, 0) is 6.42 Å². The lowest BCUT2D eigenvalue weighted by Gasteiger charge is -2.23. The molecule has 0 aliphatic rings. The molecule has 7 heteroatoms. The van der Waals surface area contributed by atoms with Crippen LogP contribution in [0.2, 0.25) is 0 Å². The number of rotatable bonds is 6. The lowest BCUT2D eigenvalue weighted by molar-refractivity contribution is -0.198. The van der Waals surface area contributed by atoms with Crippen molar-refractivity contribution < 1.29 is 29.0 Å². The zero-order valence-electron chi connectivity index (χ0n) is 9.34. The van der Waals surface area contributed by atoms with Crippen LogP contribution in [0.25, 0.3) is 0 Å². The number of hydrogen-bond acceptors (Lipinski definition) is 4. The summed E-state index contributed by atoms with van der Waals surface area (Å²) >= 11 is 0. The highest BCUT2D eigenvalue weighted by molar-refractivity contribution is 7.51. The van der Waals surface area contributed by atoms with E-state index < -0.39 is 25.5 Å². The van der Waals surface area contributed by atoms with Crippen molar-refractivity contribution in [3.05, 3.63) is 12.2 Å². The van der Waals surface area contributed by atoms with Crippen molar-refractivity contribution >= 4 is 13.6 Å². The van der Waals surface area contributed by atoms with Crippen LogP contribution in [0.15, 0.2) is 12.2 Å². The van der Waals surface area contributed by atoms with Crippen molar-refractivity contribution in [2.24, 2.45) is 0 Å². The van der Waals surface area contributed by atoms with E-state index in [2.05, 4.69) is 11.3 Å². The van der Waals surface area contributed by atoms with E-state index in [0.29, 0.717) is 6.42 Å². The first-order chi connectivity index (χ1) is 7.07. The maximum atomic E-state index is 11.2. The first kappa shape index (κ1) is 15.3. The smallest absolute Gasteiger partial charge is 0.335 e. The molecular formula is C9H17O6P. The van der Waals surface area contributed by atoms with Crippen molar-refractivity contribution in [2.45, 2.75) is 32.5 Å². The van der Waals surface area contributed by atoms with Gasteiger partial charge in [-0.1, -0.05) is 13.5 Å². The van der Waals surface area contributed by atoms with E-state index in [0.717, 1.165) is 0 Å². The molecule has 0 bridgehead atoms. The monoisotopic (exact) mass is 252 g/mol. The van der Waals surface area contributed by atoms with Gasteiger partial charge in [-0.25, -0.2) is 4.79 Å². The number of ether oxygens (including phenoxy) is 1. The van der Waals surface area contributed by atoms with Gasteiger partial charge in [-0.2, -0.15) is 0 Å². The molecule has 0 radical (unpaired) electrons. The molecule has 0 aliphatic heterocycles. The van der Waals surface area contributed by atoms with Crippen molar-refractivity contribution in [3.8, 4) is 0 Å². The highest BCUT2D eigenvalue weighted by atomic mass is 31.2. The average Bonchev–Trinajstić information content (AvgIpc) is 2.12. The van der Waals surface area contributed by atoms with Crippen LogP contribution in [0.5, 0.6) is 0 Å². The molecule has 94 valence electrons. The lowest BCUT2D eigenvalue weighted by Crippen LogP contribution is -2.32. The third kappa shape index (κ3) is 6.74. The molecule has 1 atom stereocenters. The van der Waals surface area contributed by atoms with Gasteiger partial charge in [0.2, 0.25) is 5.79 Å². The minimum Gasteiger partial charge on any atom is -0.430 e. The maximum Gasteiger partial charge on any atom is 0.335 e. The molecule has 3 N–H and O–H groups in total. The summed E-state index contributed by atoms with van der Waals surface area (Å²) in [6.07, 6.45) is -0.501. The molecule has 1 unspecified atom stereocenters. The largest absolute Gasteiger partial charge is 0.430 e. The van der Waals surface area contributed by atoms with Crippen molar-refractivity contribution in [1.29, 1.82) is 0 Å². The minimum absolute atomic E-state index is 0.191. The predicted octanol–water partition coefficient (Wildman–Crippen LogP) is 0.772. The van der Waals surface area contributed by atoms with Crippen molar-refractivity contribution in [2.75, 3.05) is 6.16 Å². The summed E-state index contributed by atoms with van der Waals surface area (Å²) in [4.78, 5) is 28.5. The molecule has 0 saturated carbocycles. The molecule has 6 nitrogen and oxygen atoms in total. The molecule has 0 amide bonds. The maximum absolute atomic E-state index is 11.2. The van der Waals surface area contributed by atoms with Gasteiger partial charge in [0.1, 0.15) is 0 Å². The SMILES string of the molecule is C=C(CC)C(=O)OC(C)(O)CCP(=O)(O)O. The highest BCUT2D eigenvalue weighted by Gasteiger charge is 2.29. The molecule has 16 heavy (non-hydrogen) atoms. The fourth-order valence-corrected chi connectivity index (χ4v) is 1.53. The molecule has 0 saturated heterocycles. The third-order valence-corrected chi connectivity index (χ3v) is 2.70. The number of carbonyl (C=O) groups is 1. The molecular weight excluding hydrogens is 235 g/mol. The third-order valence-electron chi connectivity index (χ3n) is 1.89. The van der Waals surface area contributed by atoms with E-state index in [1.54, 1.807) is 6.92 Å². The molecule has 0 heterocycles. The van der Waals surface area contributed by atoms with Gasteiger partial charge in [0, 0.05) is 18.9 Å². The fourth-order valence-electron chi connectivity index (χ4n) is 0.820. The van der Waals surface area contributed by atoms with E-state index >= 15 is 0 Å². The van der Waals surface area contributed by atoms with E-state index in [1.807, 2.05) is 0 Å². The van der Waals surface area contributed by atoms with E-state index in [-0.39, 0.29) is 12.0 Å². The van der Waals surface area contributed by atoms with Crippen LogP contribution < -0.4 is 0 Å². The summed E-state index contributed by atoms with van der Waals surface area (Å²) < 4.78 is 15.2. The Morgan fingerprint density at radius 1 is 1.50 bits per heavy atom. The zero-order chi connectivity index (χ0) is 13.0. The summed E-state index contributed by atoms with van der Waals surface area (Å²) in [6.45, 7) is 6.30. The number of hydrogen-bond donors (Lipinski definition) is 3. The first-order valence-corrected chi connectivity index (χ1v) is 6.55. The topological polar surface area (TPSA) is 104 Å². The summed E-state index contributed by atoms with van der Waals surface area (Å²) in [5, 5.41) is 9.57. The van der Waals surface area contributed by atoms with Gasteiger partial charge in [-0.15, -0.1) is 0 Å². The second kappa shape index (κ2) is 5.59. The Kier molecular flexibility index (Phi) is 5.35. The lowest BCUT2D eigenvalue weighted by atomic mass is 10.2.